The van der Waals surface area contributed by atoms with Crippen molar-refractivity contribution in [2.45, 2.75) is 95.5 Å². The fraction of sp³-hybridized carbons (Fsp3) is 0.769. The number of carbonyl (C=O) groups excluding carboxylic acids is 1. The fourth-order valence-electron chi connectivity index (χ4n) is 9.10. The highest BCUT2D eigenvalue weighted by Gasteiger charge is 2.84. The van der Waals surface area contributed by atoms with Gasteiger partial charge in [-0.1, -0.05) is 13.8 Å². The Kier molecular flexibility index (Phi) is 4.37. The number of carbonyl (C=O) groups is 1. The number of rotatable bonds is 2. The first-order valence-electron chi connectivity index (χ1n) is 12.3. The SMILES string of the molecule is CC(=O)O[C@H]1[C@H]2O[C@]23[C@@H]2CC[C@@H]4C[C@H](O)CC[C@]4(C)[C@H]2CC[C@]3(C)[C@H]1c1ccc(=O)oc1. The summed E-state index contributed by atoms with van der Waals surface area (Å²) >= 11 is 0. The van der Waals surface area contributed by atoms with Crippen molar-refractivity contribution in [3.05, 3.63) is 34.4 Å². The van der Waals surface area contributed by atoms with Crippen LogP contribution in [0, 0.1) is 28.6 Å². The van der Waals surface area contributed by atoms with E-state index in [1.54, 1.807) is 6.26 Å². The average Bonchev–Trinajstić information content (AvgIpc) is 3.44. The van der Waals surface area contributed by atoms with Gasteiger partial charge in [0.1, 0.15) is 17.8 Å². The van der Waals surface area contributed by atoms with Crippen molar-refractivity contribution in [1.29, 1.82) is 0 Å². The molecule has 6 nitrogen and oxygen atoms in total. The molecule has 0 radical (unpaired) electrons. The Labute approximate surface area is 188 Å². The maximum atomic E-state index is 12.1. The molecule has 0 unspecified atom stereocenters. The number of aliphatic hydroxyl groups is 1. The standard InChI is InChI=1S/C26H34O6/c1-14(27)31-22-21(15-4-7-20(29)30-13-15)25(3)11-9-18-19(26(25)23(22)32-26)6-5-16-12-17(28)8-10-24(16,18)2/h4,7,13,16-19,21-23,28H,5-6,8-12H2,1-3H3/t16-,17-,18+,19-,21+,22-,23-,24+,25-,26-/m1/s1. The smallest absolute Gasteiger partial charge is 0.335 e. The van der Waals surface area contributed by atoms with Gasteiger partial charge in [-0.3, -0.25) is 4.79 Å². The molecule has 1 N–H and O–H groups in total. The summed E-state index contributed by atoms with van der Waals surface area (Å²) in [7, 11) is 0. The number of epoxide rings is 1. The van der Waals surface area contributed by atoms with Gasteiger partial charge in [0.2, 0.25) is 0 Å². The van der Waals surface area contributed by atoms with Crippen molar-refractivity contribution in [1.82, 2.24) is 0 Å². The van der Waals surface area contributed by atoms with E-state index in [2.05, 4.69) is 13.8 Å². The second-order valence-corrected chi connectivity index (χ2v) is 11.6. The Balaban J connectivity index is 1.41. The molecule has 1 aliphatic heterocycles. The van der Waals surface area contributed by atoms with Crippen molar-refractivity contribution in [2.24, 2.45) is 28.6 Å². The largest absolute Gasteiger partial charge is 0.459 e. The zero-order chi connectivity index (χ0) is 22.5. The molecule has 1 aromatic rings. The van der Waals surface area contributed by atoms with Crippen molar-refractivity contribution >= 4 is 5.97 Å². The van der Waals surface area contributed by atoms with Crippen LogP contribution in [0.5, 0.6) is 0 Å². The van der Waals surface area contributed by atoms with E-state index in [0.29, 0.717) is 17.8 Å². The van der Waals surface area contributed by atoms with E-state index in [-0.39, 0.29) is 52.3 Å². The summed E-state index contributed by atoms with van der Waals surface area (Å²) in [6, 6.07) is 3.30. The average molecular weight is 443 g/mol. The second-order valence-electron chi connectivity index (χ2n) is 11.6. The van der Waals surface area contributed by atoms with Gasteiger partial charge in [-0.2, -0.15) is 0 Å². The lowest BCUT2D eigenvalue weighted by atomic mass is 9.44. The molecule has 0 aromatic carbocycles. The molecule has 1 spiro atoms. The summed E-state index contributed by atoms with van der Waals surface area (Å²) in [5, 5.41) is 10.3. The minimum Gasteiger partial charge on any atom is -0.459 e. The maximum absolute atomic E-state index is 12.1. The van der Waals surface area contributed by atoms with Gasteiger partial charge < -0.3 is 19.0 Å². The van der Waals surface area contributed by atoms with Crippen LogP contribution in [-0.4, -0.2) is 35.0 Å². The number of fused-ring (bicyclic) bond motifs is 3. The lowest BCUT2D eigenvalue weighted by Gasteiger charge is -2.61. The molecule has 32 heavy (non-hydrogen) atoms. The van der Waals surface area contributed by atoms with Gasteiger partial charge in [0, 0.05) is 24.3 Å². The van der Waals surface area contributed by atoms with E-state index in [1.807, 2.05) is 6.07 Å². The molecule has 174 valence electrons. The van der Waals surface area contributed by atoms with Gasteiger partial charge in [0.15, 0.2) is 0 Å². The number of ether oxygens (including phenoxy) is 2. The molecule has 1 saturated heterocycles. The molecular weight excluding hydrogens is 408 g/mol. The van der Waals surface area contributed by atoms with Crippen LogP contribution in [-0.2, 0) is 14.3 Å². The highest BCUT2D eigenvalue weighted by atomic mass is 16.7. The molecule has 1 aromatic heterocycles. The summed E-state index contributed by atoms with van der Waals surface area (Å²) in [6.07, 6.45) is 8.20. The molecule has 0 bridgehead atoms. The Bertz CT molecular complexity index is 982. The minimum atomic E-state index is -0.369. The van der Waals surface area contributed by atoms with Crippen LogP contribution in [0.1, 0.15) is 77.2 Å². The summed E-state index contributed by atoms with van der Waals surface area (Å²) in [4.78, 5) is 23.7. The number of hydrogen-bond acceptors (Lipinski definition) is 6. The topological polar surface area (TPSA) is 89.3 Å². The number of aliphatic hydroxyl groups excluding tert-OH is 1. The lowest BCUT2D eigenvalue weighted by molar-refractivity contribution is -0.158. The normalized spacial score (nSPS) is 51.1. The first kappa shape index (κ1) is 20.9. The van der Waals surface area contributed by atoms with Crippen LogP contribution in [0.15, 0.2) is 27.6 Å². The third-order valence-electron chi connectivity index (χ3n) is 10.5. The van der Waals surface area contributed by atoms with Gasteiger partial charge in [-0.25, -0.2) is 4.79 Å². The molecule has 2 heterocycles. The van der Waals surface area contributed by atoms with Crippen LogP contribution < -0.4 is 5.63 Å². The summed E-state index contributed by atoms with van der Waals surface area (Å²) < 4.78 is 17.8. The predicted octanol–water partition coefficient (Wildman–Crippen LogP) is 3.80. The van der Waals surface area contributed by atoms with Gasteiger partial charge in [-0.05, 0) is 79.7 Å². The van der Waals surface area contributed by atoms with E-state index in [4.69, 9.17) is 13.9 Å². The molecule has 0 amide bonds. The van der Waals surface area contributed by atoms with E-state index in [1.165, 1.54) is 13.0 Å². The van der Waals surface area contributed by atoms with Crippen LogP contribution >= 0.6 is 0 Å². The maximum Gasteiger partial charge on any atom is 0.335 e. The van der Waals surface area contributed by atoms with Crippen molar-refractivity contribution < 1.29 is 23.8 Å². The highest BCUT2D eigenvalue weighted by Crippen LogP contribution is 2.78. The Morgan fingerprint density at radius 2 is 1.94 bits per heavy atom. The Hall–Kier alpha value is -1.66. The molecular formula is C26H34O6. The predicted molar refractivity (Wildman–Crippen MR) is 116 cm³/mol. The first-order chi connectivity index (χ1) is 15.2. The first-order valence-corrected chi connectivity index (χ1v) is 12.3. The van der Waals surface area contributed by atoms with E-state index >= 15 is 0 Å². The van der Waals surface area contributed by atoms with E-state index in [0.717, 1.165) is 50.5 Å². The molecule has 5 fully saturated rings. The van der Waals surface area contributed by atoms with E-state index in [9.17, 15) is 14.7 Å². The second kappa shape index (κ2) is 6.69. The summed E-state index contributed by atoms with van der Waals surface area (Å²) in [5.74, 6) is 1.24. The molecule has 6 rings (SSSR count). The van der Waals surface area contributed by atoms with E-state index < -0.39 is 0 Å². The molecule has 6 heteroatoms. The van der Waals surface area contributed by atoms with Crippen LogP contribution in [0.4, 0.5) is 0 Å². The van der Waals surface area contributed by atoms with Crippen molar-refractivity contribution in [3.63, 3.8) is 0 Å². The minimum absolute atomic E-state index is 0.0471. The van der Waals surface area contributed by atoms with Crippen molar-refractivity contribution in [2.75, 3.05) is 0 Å². The summed E-state index contributed by atoms with van der Waals surface area (Å²) in [5.41, 5.74) is 0.319. The third kappa shape index (κ3) is 2.54. The molecule has 4 aliphatic carbocycles. The van der Waals surface area contributed by atoms with Crippen LogP contribution in [0.25, 0.3) is 0 Å². The van der Waals surface area contributed by atoms with Gasteiger partial charge in [0.05, 0.1) is 12.4 Å². The van der Waals surface area contributed by atoms with Crippen LogP contribution in [0.2, 0.25) is 0 Å². The zero-order valence-corrected chi connectivity index (χ0v) is 19.2. The monoisotopic (exact) mass is 442 g/mol. The van der Waals surface area contributed by atoms with Gasteiger partial charge >= 0.3 is 11.6 Å². The fourth-order valence-corrected chi connectivity index (χ4v) is 9.10. The third-order valence-corrected chi connectivity index (χ3v) is 10.5. The molecule has 5 aliphatic rings. The highest BCUT2D eigenvalue weighted by molar-refractivity contribution is 5.66. The van der Waals surface area contributed by atoms with Gasteiger partial charge in [0.25, 0.3) is 0 Å². The Morgan fingerprint density at radius 1 is 1.12 bits per heavy atom. The zero-order valence-electron chi connectivity index (χ0n) is 19.2. The quantitative estimate of drug-likeness (QED) is 0.554. The number of hydrogen-bond donors (Lipinski definition) is 1. The van der Waals surface area contributed by atoms with Crippen molar-refractivity contribution in [3.8, 4) is 0 Å². The molecule has 4 saturated carbocycles. The molecule has 10 atom stereocenters. The van der Waals surface area contributed by atoms with Gasteiger partial charge in [-0.15, -0.1) is 0 Å². The van der Waals surface area contributed by atoms with Crippen LogP contribution in [0.3, 0.4) is 0 Å². The number of esters is 1. The Morgan fingerprint density at radius 3 is 2.66 bits per heavy atom. The lowest BCUT2D eigenvalue weighted by Crippen LogP contribution is -2.58. The summed E-state index contributed by atoms with van der Waals surface area (Å²) in [6.45, 7) is 6.23.